The molecule has 2 rings (SSSR count). The summed E-state index contributed by atoms with van der Waals surface area (Å²) in [4.78, 5) is 25.2. The Bertz CT molecular complexity index is 558. The monoisotopic (exact) mass is 362 g/mol. The molecule has 0 bridgehead atoms. The van der Waals surface area contributed by atoms with Crippen LogP contribution >= 0.6 is 0 Å². The highest BCUT2D eigenvalue weighted by Gasteiger charge is 2.32. The second-order valence-electron chi connectivity index (χ2n) is 6.56. The van der Waals surface area contributed by atoms with E-state index in [0.29, 0.717) is 19.7 Å². The second-order valence-corrected chi connectivity index (χ2v) is 8.54. The predicted octanol–water partition coefficient (Wildman–Crippen LogP) is 0.140. The minimum atomic E-state index is -3.65. The molecule has 2 fully saturated rings. The summed E-state index contributed by atoms with van der Waals surface area (Å²) in [6.07, 6.45) is 5.62. The average molecular weight is 362 g/mol. The number of carboxylic acids is 1. The topological polar surface area (TPSA) is 104 Å². The van der Waals surface area contributed by atoms with Crippen LogP contribution in [0.15, 0.2) is 0 Å². The maximum atomic E-state index is 12.6. The molecule has 0 aromatic heterocycles. The Kier molecular flexibility index (Phi) is 6.59. The molecule has 1 aliphatic carbocycles. The van der Waals surface area contributed by atoms with Crippen molar-refractivity contribution in [2.75, 3.05) is 39.0 Å². The number of hydrogen-bond acceptors (Lipinski definition) is 5. The fourth-order valence-corrected chi connectivity index (χ4v) is 4.11. The van der Waals surface area contributed by atoms with Gasteiger partial charge in [0.1, 0.15) is 6.54 Å². The second kappa shape index (κ2) is 8.26. The van der Waals surface area contributed by atoms with Gasteiger partial charge in [-0.2, -0.15) is 4.31 Å². The number of carbonyl (C=O) groups excluding carboxylic acids is 1. The SMILES string of the molecule is CS(=O)(=O)N(CC(=O)O)CC1CN(C(=O)C2CCCCC2)CCO1. The minimum absolute atomic E-state index is 0.0560. The maximum Gasteiger partial charge on any atom is 0.318 e. The molecule has 1 aliphatic heterocycles. The molecule has 1 heterocycles. The highest BCUT2D eigenvalue weighted by molar-refractivity contribution is 7.88. The first-order chi connectivity index (χ1) is 11.3. The summed E-state index contributed by atoms with van der Waals surface area (Å²) in [5, 5.41) is 8.88. The van der Waals surface area contributed by atoms with E-state index in [0.717, 1.165) is 36.2 Å². The zero-order valence-electron chi connectivity index (χ0n) is 14.0. The van der Waals surface area contributed by atoms with Crippen molar-refractivity contribution in [3.05, 3.63) is 0 Å². The Hall–Kier alpha value is -1.19. The van der Waals surface area contributed by atoms with E-state index in [1.807, 2.05) is 0 Å². The Balaban J connectivity index is 1.96. The van der Waals surface area contributed by atoms with Crippen molar-refractivity contribution in [1.82, 2.24) is 9.21 Å². The largest absolute Gasteiger partial charge is 0.480 e. The van der Waals surface area contributed by atoms with Crippen LogP contribution in [0.3, 0.4) is 0 Å². The van der Waals surface area contributed by atoms with E-state index in [1.54, 1.807) is 4.90 Å². The van der Waals surface area contributed by atoms with Gasteiger partial charge >= 0.3 is 5.97 Å². The lowest BCUT2D eigenvalue weighted by Gasteiger charge is -2.37. The van der Waals surface area contributed by atoms with Crippen LogP contribution in [0, 0.1) is 5.92 Å². The number of sulfonamides is 1. The summed E-state index contributed by atoms with van der Waals surface area (Å²) in [6.45, 7) is 0.493. The third-order valence-electron chi connectivity index (χ3n) is 4.59. The van der Waals surface area contributed by atoms with Gasteiger partial charge in [-0.05, 0) is 12.8 Å². The molecule has 0 spiro atoms. The van der Waals surface area contributed by atoms with Crippen molar-refractivity contribution in [3.8, 4) is 0 Å². The van der Waals surface area contributed by atoms with Crippen molar-refractivity contribution in [2.45, 2.75) is 38.2 Å². The third kappa shape index (κ3) is 5.42. The Morgan fingerprint density at radius 2 is 1.92 bits per heavy atom. The molecular formula is C15H26N2O6S. The van der Waals surface area contributed by atoms with Crippen LogP contribution in [-0.2, 0) is 24.3 Å². The Morgan fingerprint density at radius 1 is 1.25 bits per heavy atom. The van der Waals surface area contributed by atoms with E-state index in [2.05, 4.69) is 0 Å². The number of rotatable bonds is 6. The average Bonchev–Trinajstić information content (AvgIpc) is 2.53. The summed E-state index contributed by atoms with van der Waals surface area (Å²) in [7, 11) is -3.65. The Labute approximate surface area is 142 Å². The fraction of sp³-hybridized carbons (Fsp3) is 0.867. The standard InChI is InChI=1S/C15H26N2O6S/c1-24(21,22)17(11-14(18)19)10-13-9-16(7-8-23-13)15(20)12-5-3-2-4-6-12/h12-13H,2-11H2,1H3,(H,18,19). The van der Waals surface area contributed by atoms with Crippen LogP contribution in [0.5, 0.6) is 0 Å². The van der Waals surface area contributed by atoms with Gasteiger partial charge < -0.3 is 14.7 Å². The lowest BCUT2D eigenvalue weighted by atomic mass is 9.88. The fourth-order valence-electron chi connectivity index (χ4n) is 3.33. The van der Waals surface area contributed by atoms with Crippen molar-refractivity contribution < 1.29 is 27.9 Å². The molecule has 8 nitrogen and oxygen atoms in total. The van der Waals surface area contributed by atoms with Gasteiger partial charge in [-0.3, -0.25) is 9.59 Å². The van der Waals surface area contributed by atoms with Gasteiger partial charge in [0, 0.05) is 25.6 Å². The summed E-state index contributed by atoms with van der Waals surface area (Å²) in [6, 6.07) is 0. The first kappa shape index (κ1) is 19.1. The highest BCUT2D eigenvalue weighted by Crippen LogP contribution is 2.26. The summed E-state index contributed by atoms with van der Waals surface area (Å²) < 4.78 is 29.9. The molecule has 1 saturated carbocycles. The van der Waals surface area contributed by atoms with Gasteiger partial charge in [-0.1, -0.05) is 19.3 Å². The number of ether oxygens (including phenoxy) is 1. The number of hydrogen-bond donors (Lipinski definition) is 1. The van der Waals surface area contributed by atoms with Crippen LogP contribution in [0.25, 0.3) is 0 Å². The maximum absolute atomic E-state index is 12.6. The van der Waals surface area contributed by atoms with Gasteiger partial charge in [-0.25, -0.2) is 8.42 Å². The zero-order chi connectivity index (χ0) is 17.7. The molecule has 1 amide bonds. The molecule has 1 N–H and O–H groups in total. The number of carboxylic acid groups (broad SMARTS) is 1. The lowest BCUT2D eigenvalue weighted by Crippen LogP contribution is -2.52. The van der Waals surface area contributed by atoms with Crippen LogP contribution in [0.2, 0.25) is 0 Å². The minimum Gasteiger partial charge on any atom is -0.480 e. The molecule has 0 radical (unpaired) electrons. The summed E-state index contributed by atoms with van der Waals surface area (Å²) in [5.41, 5.74) is 0. The van der Waals surface area contributed by atoms with Crippen molar-refractivity contribution in [1.29, 1.82) is 0 Å². The molecule has 1 atom stereocenters. The van der Waals surface area contributed by atoms with Crippen LogP contribution in [0.1, 0.15) is 32.1 Å². The Morgan fingerprint density at radius 3 is 2.50 bits per heavy atom. The molecule has 24 heavy (non-hydrogen) atoms. The number of amides is 1. The summed E-state index contributed by atoms with van der Waals surface area (Å²) in [5.74, 6) is -1.04. The lowest BCUT2D eigenvalue weighted by molar-refractivity contribution is -0.145. The van der Waals surface area contributed by atoms with Crippen LogP contribution in [0.4, 0.5) is 0 Å². The number of morpholine rings is 1. The predicted molar refractivity (Wildman–Crippen MR) is 86.9 cm³/mol. The first-order valence-electron chi connectivity index (χ1n) is 8.34. The van der Waals surface area contributed by atoms with Crippen molar-refractivity contribution in [2.24, 2.45) is 5.92 Å². The third-order valence-corrected chi connectivity index (χ3v) is 5.81. The molecule has 138 valence electrons. The van der Waals surface area contributed by atoms with Crippen LogP contribution < -0.4 is 0 Å². The van der Waals surface area contributed by atoms with E-state index >= 15 is 0 Å². The molecular weight excluding hydrogens is 336 g/mol. The van der Waals surface area contributed by atoms with E-state index in [9.17, 15) is 18.0 Å². The van der Waals surface area contributed by atoms with Crippen LogP contribution in [-0.4, -0.2) is 79.8 Å². The van der Waals surface area contributed by atoms with E-state index in [-0.39, 0.29) is 18.4 Å². The van der Waals surface area contributed by atoms with E-state index in [4.69, 9.17) is 9.84 Å². The number of carbonyl (C=O) groups is 2. The smallest absolute Gasteiger partial charge is 0.318 e. The first-order valence-corrected chi connectivity index (χ1v) is 10.2. The zero-order valence-corrected chi connectivity index (χ0v) is 14.8. The molecule has 0 aromatic carbocycles. The number of aliphatic carboxylic acids is 1. The normalized spacial score (nSPS) is 23.4. The van der Waals surface area contributed by atoms with Gasteiger partial charge in [0.25, 0.3) is 0 Å². The van der Waals surface area contributed by atoms with Gasteiger partial charge in [-0.15, -0.1) is 0 Å². The molecule has 2 aliphatic rings. The molecule has 0 aromatic rings. The molecule has 1 unspecified atom stereocenters. The molecule has 9 heteroatoms. The molecule has 1 saturated heterocycles. The quantitative estimate of drug-likeness (QED) is 0.721. The number of nitrogens with zero attached hydrogens (tertiary/aromatic N) is 2. The highest BCUT2D eigenvalue weighted by atomic mass is 32.2. The van der Waals surface area contributed by atoms with Crippen molar-refractivity contribution in [3.63, 3.8) is 0 Å². The van der Waals surface area contributed by atoms with Gasteiger partial charge in [0.2, 0.25) is 15.9 Å². The van der Waals surface area contributed by atoms with Gasteiger partial charge in [0.15, 0.2) is 0 Å². The van der Waals surface area contributed by atoms with E-state index < -0.39 is 28.6 Å². The van der Waals surface area contributed by atoms with E-state index in [1.165, 1.54) is 6.42 Å². The summed E-state index contributed by atoms with van der Waals surface area (Å²) >= 11 is 0. The van der Waals surface area contributed by atoms with Crippen molar-refractivity contribution >= 4 is 21.9 Å². The van der Waals surface area contributed by atoms with Gasteiger partial charge in [0.05, 0.1) is 19.0 Å².